The zero-order valence-corrected chi connectivity index (χ0v) is 18.7. The smallest absolute Gasteiger partial charge is 0.251 e. The zero-order valence-electron chi connectivity index (χ0n) is 18.7. The molecule has 7 nitrogen and oxygen atoms in total. The lowest BCUT2D eigenvalue weighted by Crippen LogP contribution is -2.55. The van der Waals surface area contributed by atoms with Crippen molar-refractivity contribution in [2.45, 2.75) is 44.1 Å². The largest absolute Gasteiger partial charge is 0.381 e. The van der Waals surface area contributed by atoms with Crippen molar-refractivity contribution in [3.05, 3.63) is 35.9 Å². The van der Waals surface area contributed by atoms with E-state index < -0.39 is 0 Å². The Morgan fingerprint density at radius 3 is 2.45 bits per heavy atom. The van der Waals surface area contributed by atoms with Crippen LogP contribution in [0.5, 0.6) is 0 Å². The lowest BCUT2D eigenvalue weighted by molar-refractivity contribution is -0.142. The summed E-state index contributed by atoms with van der Waals surface area (Å²) in [5.41, 5.74) is 1.38. The van der Waals surface area contributed by atoms with Crippen LogP contribution in [0.3, 0.4) is 0 Å². The monoisotopic (exact) mass is 428 g/mol. The second-order valence-corrected chi connectivity index (χ2v) is 8.74. The highest BCUT2D eigenvalue weighted by Crippen LogP contribution is 2.35. The van der Waals surface area contributed by atoms with Crippen LogP contribution in [-0.4, -0.2) is 86.9 Å². The van der Waals surface area contributed by atoms with Crippen LogP contribution in [0.15, 0.2) is 35.3 Å². The maximum atomic E-state index is 12.7. The fraction of sp³-hybridized carbons (Fsp3) is 0.667. The highest BCUT2D eigenvalue weighted by atomic mass is 16.5. The van der Waals surface area contributed by atoms with Crippen LogP contribution < -0.4 is 5.32 Å². The lowest BCUT2D eigenvalue weighted by atomic mass is 9.74. The summed E-state index contributed by atoms with van der Waals surface area (Å²) >= 11 is 0. The molecule has 4 rings (SSSR count). The summed E-state index contributed by atoms with van der Waals surface area (Å²) in [7, 11) is 0. The summed E-state index contributed by atoms with van der Waals surface area (Å²) in [4.78, 5) is 22.0. The summed E-state index contributed by atoms with van der Waals surface area (Å²) in [6.45, 7) is 9.00. The fourth-order valence-corrected chi connectivity index (χ4v) is 4.86. The van der Waals surface area contributed by atoms with Crippen LogP contribution in [0.4, 0.5) is 0 Å². The first kappa shape index (κ1) is 22.1. The van der Waals surface area contributed by atoms with E-state index in [-0.39, 0.29) is 17.4 Å². The molecule has 3 saturated heterocycles. The summed E-state index contributed by atoms with van der Waals surface area (Å²) in [6.07, 6.45) is 3.59. The number of aliphatic imine (C=N–C) groups is 1. The van der Waals surface area contributed by atoms with E-state index in [0.29, 0.717) is 6.61 Å². The molecule has 0 bridgehead atoms. The molecule has 170 valence electrons. The van der Waals surface area contributed by atoms with E-state index in [4.69, 9.17) is 14.5 Å². The third kappa shape index (κ3) is 5.21. The Kier molecular flexibility index (Phi) is 7.45. The fourth-order valence-electron chi connectivity index (χ4n) is 4.86. The van der Waals surface area contributed by atoms with Crippen molar-refractivity contribution >= 4 is 11.9 Å². The average molecular weight is 429 g/mol. The van der Waals surface area contributed by atoms with Crippen LogP contribution in [0.1, 0.15) is 38.2 Å². The van der Waals surface area contributed by atoms with Crippen molar-refractivity contribution in [1.82, 2.24) is 15.1 Å². The first-order valence-corrected chi connectivity index (χ1v) is 11.8. The summed E-state index contributed by atoms with van der Waals surface area (Å²) in [6, 6.07) is 10.8. The maximum absolute atomic E-state index is 12.7. The van der Waals surface area contributed by atoms with Crippen LogP contribution >= 0.6 is 0 Å². The molecule has 0 aliphatic carbocycles. The van der Waals surface area contributed by atoms with Crippen LogP contribution in [0, 0.1) is 0 Å². The molecule has 0 saturated carbocycles. The molecule has 3 fully saturated rings. The van der Waals surface area contributed by atoms with E-state index in [1.807, 2.05) is 4.90 Å². The maximum Gasteiger partial charge on any atom is 0.251 e. The topological polar surface area (TPSA) is 66.4 Å². The number of rotatable bonds is 5. The Bertz CT molecular complexity index is 734. The van der Waals surface area contributed by atoms with Gasteiger partial charge in [-0.1, -0.05) is 30.3 Å². The number of ether oxygens (including phenoxy) is 2. The summed E-state index contributed by atoms with van der Waals surface area (Å²) in [5, 5.41) is 3.48. The minimum absolute atomic E-state index is 0.0256. The number of nitrogens with one attached hydrogen (secondary N) is 1. The standard InChI is InChI=1S/C24H36N4O3/c1-2-25-23(28-14-12-27(13-15-28)22(29)21-9-6-16-31-21)26-19-24(10-17-30-18-11-24)20-7-4-3-5-8-20/h3-5,7-8,21H,2,6,9-19H2,1H3,(H,25,26). The molecule has 0 spiro atoms. The quantitative estimate of drug-likeness (QED) is 0.574. The number of nitrogens with zero attached hydrogens (tertiary/aromatic N) is 3. The molecule has 31 heavy (non-hydrogen) atoms. The van der Waals surface area contributed by atoms with Crippen molar-refractivity contribution < 1.29 is 14.3 Å². The molecule has 3 aliphatic rings. The molecule has 1 unspecified atom stereocenters. The third-order valence-corrected chi connectivity index (χ3v) is 6.80. The first-order valence-electron chi connectivity index (χ1n) is 11.8. The van der Waals surface area contributed by atoms with Gasteiger partial charge >= 0.3 is 0 Å². The van der Waals surface area contributed by atoms with Gasteiger partial charge in [-0.05, 0) is 38.2 Å². The number of benzene rings is 1. The van der Waals surface area contributed by atoms with Gasteiger partial charge in [-0.25, -0.2) is 0 Å². The summed E-state index contributed by atoms with van der Waals surface area (Å²) in [5.74, 6) is 1.11. The van der Waals surface area contributed by atoms with E-state index >= 15 is 0 Å². The second kappa shape index (κ2) is 10.5. The zero-order chi connectivity index (χ0) is 21.5. The van der Waals surface area contributed by atoms with Gasteiger partial charge in [0.2, 0.25) is 0 Å². The number of guanidine groups is 1. The SMILES string of the molecule is CCNC(=NCC1(c2ccccc2)CCOCC1)N1CCN(C(=O)C2CCCO2)CC1. The molecule has 1 aromatic carbocycles. The van der Waals surface area contributed by atoms with Crippen molar-refractivity contribution in [1.29, 1.82) is 0 Å². The Balaban J connectivity index is 1.42. The predicted molar refractivity (Wildman–Crippen MR) is 121 cm³/mol. The number of amides is 1. The Morgan fingerprint density at radius 2 is 1.81 bits per heavy atom. The highest BCUT2D eigenvalue weighted by molar-refractivity contribution is 5.83. The third-order valence-electron chi connectivity index (χ3n) is 6.80. The van der Waals surface area contributed by atoms with Crippen LogP contribution in [0.25, 0.3) is 0 Å². The molecule has 3 aliphatic heterocycles. The number of hydrogen-bond donors (Lipinski definition) is 1. The van der Waals surface area contributed by atoms with E-state index in [2.05, 4.69) is 47.5 Å². The van der Waals surface area contributed by atoms with Gasteiger partial charge in [0.15, 0.2) is 5.96 Å². The van der Waals surface area contributed by atoms with Gasteiger partial charge in [-0.2, -0.15) is 0 Å². The highest BCUT2D eigenvalue weighted by Gasteiger charge is 2.35. The van der Waals surface area contributed by atoms with Crippen molar-refractivity contribution in [2.24, 2.45) is 4.99 Å². The van der Waals surface area contributed by atoms with Crippen molar-refractivity contribution in [3.63, 3.8) is 0 Å². The Morgan fingerprint density at radius 1 is 1.10 bits per heavy atom. The molecule has 0 radical (unpaired) electrons. The van der Waals surface area contributed by atoms with E-state index in [1.165, 1.54) is 5.56 Å². The van der Waals surface area contributed by atoms with Gasteiger partial charge in [0.25, 0.3) is 5.91 Å². The van der Waals surface area contributed by atoms with E-state index in [0.717, 1.165) is 84.1 Å². The van der Waals surface area contributed by atoms with Gasteiger partial charge in [0.1, 0.15) is 6.10 Å². The Labute approximate surface area is 185 Å². The molecular formula is C24H36N4O3. The van der Waals surface area contributed by atoms with E-state index in [1.54, 1.807) is 0 Å². The average Bonchev–Trinajstić information content (AvgIpc) is 3.38. The molecule has 1 N–H and O–H groups in total. The number of hydrogen-bond acceptors (Lipinski definition) is 4. The lowest BCUT2D eigenvalue weighted by Gasteiger charge is -2.39. The molecular weight excluding hydrogens is 392 g/mol. The van der Waals surface area contributed by atoms with Gasteiger partial charge < -0.3 is 24.6 Å². The minimum atomic E-state index is -0.229. The number of piperazine rings is 1. The normalized spacial score (nSPS) is 24.3. The second-order valence-electron chi connectivity index (χ2n) is 8.74. The summed E-state index contributed by atoms with van der Waals surface area (Å²) < 4.78 is 11.3. The van der Waals surface area contributed by atoms with Crippen LogP contribution in [0.2, 0.25) is 0 Å². The molecule has 1 aromatic rings. The van der Waals surface area contributed by atoms with Crippen molar-refractivity contribution in [3.8, 4) is 0 Å². The molecule has 3 heterocycles. The van der Waals surface area contributed by atoms with Crippen molar-refractivity contribution in [2.75, 3.05) is 59.1 Å². The predicted octanol–water partition coefficient (Wildman–Crippen LogP) is 2.02. The Hall–Kier alpha value is -2.12. The molecule has 0 aromatic heterocycles. The molecule has 7 heteroatoms. The van der Waals surface area contributed by atoms with Gasteiger partial charge in [0, 0.05) is 58.0 Å². The van der Waals surface area contributed by atoms with Gasteiger partial charge in [-0.15, -0.1) is 0 Å². The van der Waals surface area contributed by atoms with Gasteiger partial charge in [-0.3, -0.25) is 9.79 Å². The molecule has 1 amide bonds. The van der Waals surface area contributed by atoms with E-state index in [9.17, 15) is 4.79 Å². The molecule has 1 atom stereocenters. The minimum Gasteiger partial charge on any atom is -0.381 e. The number of carbonyl (C=O) groups is 1. The first-order chi connectivity index (χ1) is 15.2. The number of carbonyl (C=O) groups excluding carboxylic acids is 1. The van der Waals surface area contributed by atoms with Gasteiger partial charge in [0.05, 0.1) is 6.54 Å². The van der Waals surface area contributed by atoms with Crippen LogP contribution in [-0.2, 0) is 19.7 Å².